The van der Waals surface area contributed by atoms with E-state index in [0.29, 0.717) is 27.2 Å². The van der Waals surface area contributed by atoms with Gasteiger partial charge in [-0.1, -0.05) is 24.3 Å². The summed E-state index contributed by atoms with van der Waals surface area (Å²) in [7, 11) is 0. The van der Waals surface area contributed by atoms with Gasteiger partial charge in [0, 0.05) is 22.5 Å². The monoisotopic (exact) mass is 412 g/mol. The maximum absolute atomic E-state index is 12.6. The molecule has 3 rings (SSSR count). The molecule has 5 nitrogen and oxygen atoms in total. The number of rotatable bonds is 4. The molecule has 2 N–H and O–H groups in total. The second-order valence-corrected chi connectivity index (χ2v) is 6.60. The molecule has 2 amide bonds. The van der Waals surface area contributed by atoms with Crippen molar-refractivity contribution in [3.8, 4) is 0 Å². The number of nitrogens with one attached hydrogen (secondary N) is 2. The Labute approximate surface area is 159 Å². The van der Waals surface area contributed by atoms with Crippen LogP contribution in [0.2, 0.25) is 0 Å². The van der Waals surface area contributed by atoms with Gasteiger partial charge in [0.05, 0.1) is 0 Å². The Morgan fingerprint density at radius 1 is 0.923 bits per heavy atom. The van der Waals surface area contributed by atoms with Crippen LogP contribution in [0, 0.1) is 13.8 Å². The van der Waals surface area contributed by atoms with Crippen LogP contribution in [0.15, 0.2) is 63.7 Å². The Balaban J connectivity index is 1.82. The van der Waals surface area contributed by atoms with Crippen LogP contribution in [0.3, 0.4) is 0 Å². The van der Waals surface area contributed by atoms with Crippen LogP contribution >= 0.6 is 15.9 Å². The van der Waals surface area contributed by atoms with Gasteiger partial charge in [0.25, 0.3) is 11.8 Å². The number of carbonyl (C=O) groups excluding carboxylic acids is 2. The van der Waals surface area contributed by atoms with Gasteiger partial charge < -0.3 is 15.1 Å². The van der Waals surface area contributed by atoms with Crippen molar-refractivity contribution in [2.24, 2.45) is 0 Å². The fraction of sp³-hybridized carbons (Fsp3) is 0.100. The lowest BCUT2D eigenvalue weighted by Crippen LogP contribution is -2.17. The minimum absolute atomic E-state index is 0.232. The Morgan fingerprint density at radius 2 is 1.65 bits per heavy atom. The average Bonchev–Trinajstić information content (AvgIpc) is 2.96. The molecule has 6 heteroatoms. The van der Waals surface area contributed by atoms with Crippen molar-refractivity contribution >= 4 is 39.1 Å². The van der Waals surface area contributed by atoms with Gasteiger partial charge in [-0.2, -0.15) is 0 Å². The molecule has 0 aliphatic carbocycles. The van der Waals surface area contributed by atoms with E-state index in [9.17, 15) is 9.59 Å². The predicted molar refractivity (Wildman–Crippen MR) is 105 cm³/mol. The highest BCUT2D eigenvalue weighted by molar-refractivity contribution is 9.10. The second-order valence-electron chi connectivity index (χ2n) is 5.82. The minimum atomic E-state index is -0.364. The number of aryl methyl sites for hydroxylation is 1. The fourth-order valence-corrected chi connectivity index (χ4v) is 3.09. The van der Waals surface area contributed by atoms with Crippen LogP contribution in [0.25, 0.3) is 0 Å². The number of benzene rings is 2. The van der Waals surface area contributed by atoms with E-state index < -0.39 is 0 Å². The summed E-state index contributed by atoms with van der Waals surface area (Å²) in [5, 5.41) is 5.65. The summed E-state index contributed by atoms with van der Waals surface area (Å²) in [5.41, 5.74) is 3.16. The smallest absolute Gasteiger partial charge is 0.291 e. The van der Waals surface area contributed by atoms with Crippen LogP contribution in [0.4, 0.5) is 11.4 Å². The van der Waals surface area contributed by atoms with E-state index in [4.69, 9.17) is 4.42 Å². The molecule has 0 fully saturated rings. The molecule has 132 valence electrons. The van der Waals surface area contributed by atoms with E-state index >= 15 is 0 Å². The van der Waals surface area contributed by atoms with Crippen molar-refractivity contribution in [3.63, 3.8) is 0 Å². The maximum atomic E-state index is 12.6. The van der Waals surface area contributed by atoms with E-state index in [2.05, 4.69) is 26.6 Å². The third kappa shape index (κ3) is 3.86. The van der Waals surface area contributed by atoms with E-state index in [1.807, 2.05) is 30.3 Å². The largest absolute Gasteiger partial charge is 0.444 e. The van der Waals surface area contributed by atoms with Crippen molar-refractivity contribution in [1.82, 2.24) is 0 Å². The number of anilines is 2. The summed E-state index contributed by atoms with van der Waals surface area (Å²) in [6, 6.07) is 16.1. The molecule has 0 bridgehead atoms. The van der Waals surface area contributed by atoms with Gasteiger partial charge in [0.15, 0.2) is 10.4 Å². The highest BCUT2D eigenvalue weighted by Gasteiger charge is 2.18. The molecule has 0 unspecified atom stereocenters. The number of furan rings is 1. The molecular weight excluding hydrogens is 396 g/mol. The summed E-state index contributed by atoms with van der Waals surface area (Å²) < 4.78 is 5.86. The van der Waals surface area contributed by atoms with Crippen LogP contribution < -0.4 is 10.6 Å². The molecule has 0 saturated heterocycles. The van der Waals surface area contributed by atoms with Crippen LogP contribution in [-0.4, -0.2) is 11.8 Å². The van der Waals surface area contributed by atoms with Gasteiger partial charge in [-0.25, -0.2) is 0 Å². The first-order valence-corrected chi connectivity index (χ1v) is 8.78. The molecule has 1 heterocycles. The van der Waals surface area contributed by atoms with Crippen molar-refractivity contribution in [3.05, 3.63) is 81.7 Å². The van der Waals surface area contributed by atoms with Crippen molar-refractivity contribution in [1.29, 1.82) is 0 Å². The van der Waals surface area contributed by atoms with Gasteiger partial charge >= 0.3 is 0 Å². The zero-order valence-corrected chi connectivity index (χ0v) is 15.9. The zero-order chi connectivity index (χ0) is 18.7. The van der Waals surface area contributed by atoms with Gasteiger partial charge in [-0.3, -0.25) is 9.59 Å². The first kappa shape index (κ1) is 17.9. The summed E-state index contributed by atoms with van der Waals surface area (Å²) >= 11 is 3.21. The number of para-hydroxylation sites is 1. The lowest BCUT2D eigenvalue weighted by Gasteiger charge is -2.12. The standard InChI is InChI=1S/C20H17BrN2O3/c1-12-11-17(21)26-18(12)20(25)23-16-10-6-9-15(13(16)2)19(24)22-14-7-4-3-5-8-14/h3-11H,1-2H3,(H,22,24)(H,23,25). The van der Waals surface area contributed by atoms with Gasteiger partial charge in [0.2, 0.25) is 0 Å². The van der Waals surface area contributed by atoms with Crippen LogP contribution in [0.1, 0.15) is 32.0 Å². The molecule has 26 heavy (non-hydrogen) atoms. The van der Waals surface area contributed by atoms with Gasteiger partial charge in [0.1, 0.15) is 0 Å². The van der Waals surface area contributed by atoms with Gasteiger partial charge in [-0.15, -0.1) is 0 Å². The first-order valence-electron chi connectivity index (χ1n) is 7.99. The Bertz CT molecular complexity index is 964. The number of hydrogen-bond donors (Lipinski definition) is 2. The summed E-state index contributed by atoms with van der Waals surface area (Å²) in [6.07, 6.45) is 0. The quantitative estimate of drug-likeness (QED) is 0.621. The summed E-state index contributed by atoms with van der Waals surface area (Å²) in [5.74, 6) is -0.367. The zero-order valence-electron chi connectivity index (χ0n) is 14.3. The SMILES string of the molecule is Cc1cc(Br)oc1C(=O)Nc1cccc(C(=O)Nc2ccccc2)c1C. The molecule has 0 saturated carbocycles. The van der Waals surface area contributed by atoms with Crippen molar-refractivity contribution < 1.29 is 14.0 Å². The molecule has 0 spiro atoms. The normalized spacial score (nSPS) is 10.4. The van der Waals surface area contributed by atoms with Crippen LogP contribution in [-0.2, 0) is 0 Å². The number of hydrogen-bond acceptors (Lipinski definition) is 3. The summed E-state index contributed by atoms with van der Waals surface area (Å²) in [4.78, 5) is 25.0. The summed E-state index contributed by atoms with van der Waals surface area (Å²) in [6.45, 7) is 3.58. The highest BCUT2D eigenvalue weighted by atomic mass is 79.9. The second kappa shape index (κ2) is 7.58. The minimum Gasteiger partial charge on any atom is -0.444 e. The van der Waals surface area contributed by atoms with E-state index in [1.165, 1.54) is 0 Å². The topological polar surface area (TPSA) is 71.3 Å². The Kier molecular flexibility index (Phi) is 5.23. The van der Waals surface area contributed by atoms with Crippen molar-refractivity contribution in [2.45, 2.75) is 13.8 Å². The molecule has 0 aliphatic rings. The van der Waals surface area contributed by atoms with Crippen LogP contribution in [0.5, 0.6) is 0 Å². The predicted octanol–water partition coefficient (Wildman–Crippen LogP) is 5.16. The lowest BCUT2D eigenvalue weighted by molar-refractivity contribution is 0.0991. The van der Waals surface area contributed by atoms with E-state index in [-0.39, 0.29) is 17.6 Å². The molecule has 3 aromatic rings. The molecule has 0 aliphatic heterocycles. The third-order valence-corrected chi connectivity index (χ3v) is 4.34. The fourth-order valence-electron chi connectivity index (χ4n) is 2.58. The lowest BCUT2D eigenvalue weighted by atomic mass is 10.1. The Hall–Kier alpha value is -2.86. The molecule has 1 aromatic heterocycles. The first-order chi connectivity index (χ1) is 12.5. The maximum Gasteiger partial charge on any atom is 0.291 e. The Morgan fingerprint density at radius 3 is 2.31 bits per heavy atom. The molecule has 2 aromatic carbocycles. The van der Waals surface area contributed by atoms with Gasteiger partial charge in [-0.05, 0) is 65.7 Å². The molecule has 0 radical (unpaired) electrons. The third-order valence-electron chi connectivity index (χ3n) is 3.95. The molecular formula is C20H17BrN2O3. The number of halogens is 1. The number of carbonyl (C=O) groups is 2. The average molecular weight is 413 g/mol. The van der Waals surface area contributed by atoms with Crippen molar-refractivity contribution in [2.75, 3.05) is 10.6 Å². The highest BCUT2D eigenvalue weighted by Crippen LogP contribution is 2.24. The van der Waals surface area contributed by atoms with E-state index in [0.717, 1.165) is 5.56 Å². The number of amides is 2. The van der Waals surface area contributed by atoms with E-state index in [1.54, 1.807) is 38.1 Å². The molecule has 0 atom stereocenters.